The van der Waals surface area contributed by atoms with E-state index in [1.54, 1.807) is 6.07 Å². The highest BCUT2D eigenvalue weighted by Crippen LogP contribution is 2.31. The highest BCUT2D eigenvalue weighted by atomic mass is 16.7. The van der Waals surface area contributed by atoms with Crippen molar-refractivity contribution in [2.24, 2.45) is 0 Å². The van der Waals surface area contributed by atoms with Crippen molar-refractivity contribution in [3.05, 3.63) is 77.6 Å². The van der Waals surface area contributed by atoms with Crippen LogP contribution in [0.15, 0.2) is 60.7 Å². The van der Waals surface area contributed by atoms with Gasteiger partial charge in [-0.05, 0) is 69.0 Å². The molecular formula is C29H33N3O3. The molecule has 0 aliphatic carbocycles. The number of nitrogens with two attached hydrogens (primary N) is 1. The number of aromatic nitrogens is 2. The molecule has 2 N–H and O–H groups in total. The molecule has 1 heterocycles. The first-order valence-electron chi connectivity index (χ1n) is 12.0. The lowest BCUT2D eigenvalue weighted by Crippen LogP contribution is -2.26. The Kier molecular flexibility index (Phi) is 6.83. The van der Waals surface area contributed by atoms with E-state index in [4.69, 9.17) is 20.2 Å². The molecule has 0 saturated carbocycles. The first-order chi connectivity index (χ1) is 16.6. The summed E-state index contributed by atoms with van der Waals surface area (Å²) in [5.41, 5.74) is 12.4. The van der Waals surface area contributed by atoms with Crippen LogP contribution in [0.25, 0.3) is 22.2 Å². The van der Waals surface area contributed by atoms with Crippen molar-refractivity contribution in [1.82, 2.24) is 9.55 Å². The summed E-state index contributed by atoms with van der Waals surface area (Å²) in [6, 6.07) is 19.7. The summed E-state index contributed by atoms with van der Waals surface area (Å²) in [6.45, 7) is 10.3. The van der Waals surface area contributed by atoms with Crippen molar-refractivity contribution < 1.29 is 14.3 Å². The number of anilines is 1. The number of benzene rings is 3. The number of imidazole rings is 1. The van der Waals surface area contributed by atoms with Gasteiger partial charge in [0.15, 0.2) is 0 Å². The van der Waals surface area contributed by atoms with Gasteiger partial charge in [-0.15, -0.1) is 0 Å². The number of carbonyl (C=O) groups is 1. The van der Waals surface area contributed by atoms with Gasteiger partial charge in [0.1, 0.15) is 17.2 Å². The van der Waals surface area contributed by atoms with Gasteiger partial charge in [-0.3, -0.25) is 0 Å². The Bertz CT molecular complexity index is 1350. The molecule has 0 aliphatic heterocycles. The Labute approximate surface area is 206 Å². The summed E-state index contributed by atoms with van der Waals surface area (Å²) >= 11 is 0. The molecule has 6 heteroatoms. The van der Waals surface area contributed by atoms with E-state index in [1.165, 1.54) is 0 Å². The van der Waals surface area contributed by atoms with Gasteiger partial charge in [-0.25, -0.2) is 9.78 Å². The SMILES string of the molecule is CCCc1nc2c(C)cc(N)cc2n1Cc1ccc(-c2ccccc2OC(=O)OC(C)(C)C)cc1. The summed E-state index contributed by atoms with van der Waals surface area (Å²) in [4.78, 5) is 17.1. The minimum absolute atomic E-state index is 0.464. The molecule has 0 saturated heterocycles. The quantitative estimate of drug-likeness (QED) is 0.188. The molecule has 4 aromatic rings. The van der Waals surface area contributed by atoms with Crippen LogP contribution in [-0.2, 0) is 17.7 Å². The van der Waals surface area contributed by atoms with E-state index in [0.29, 0.717) is 12.3 Å². The summed E-state index contributed by atoms with van der Waals surface area (Å²) in [6.07, 6.45) is 1.21. The number of hydrogen-bond acceptors (Lipinski definition) is 5. The molecule has 0 spiro atoms. The zero-order valence-corrected chi connectivity index (χ0v) is 21.1. The molecule has 0 radical (unpaired) electrons. The predicted octanol–water partition coefficient (Wildman–Crippen LogP) is 6.91. The molecule has 3 aromatic carbocycles. The van der Waals surface area contributed by atoms with Gasteiger partial charge in [-0.1, -0.05) is 49.4 Å². The second-order valence-electron chi connectivity index (χ2n) is 9.83. The molecule has 4 rings (SSSR count). The summed E-state index contributed by atoms with van der Waals surface area (Å²) in [7, 11) is 0. The smallest absolute Gasteiger partial charge is 0.428 e. The number of ether oxygens (including phenoxy) is 2. The average Bonchev–Trinajstić information content (AvgIpc) is 3.11. The molecule has 0 bridgehead atoms. The van der Waals surface area contributed by atoms with E-state index in [1.807, 2.05) is 63.2 Å². The minimum Gasteiger partial charge on any atom is -0.428 e. The van der Waals surface area contributed by atoms with Gasteiger partial charge >= 0.3 is 6.16 Å². The van der Waals surface area contributed by atoms with Crippen molar-refractivity contribution in [3.8, 4) is 16.9 Å². The lowest BCUT2D eigenvalue weighted by atomic mass is 10.0. The maximum atomic E-state index is 12.2. The van der Waals surface area contributed by atoms with Crippen molar-refractivity contribution in [3.63, 3.8) is 0 Å². The third-order valence-corrected chi connectivity index (χ3v) is 5.70. The maximum Gasteiger partial charge on any atom is 0.514 e. The molecular weight excluding hydrogens is 438 g/mol. The Morgan fingerprint density at radius 3 is 2.46 bits per heavy atom. The predicted molar refractivity (Wildman–Crippen MR) is 141 cm³/mol. The van der Waals surface area contributed by atoms with Crippen LogP contribution in [0.5, 0.6) is 5.75 Å². The number of fused-ring (bicyclic) bond motifs is 1. The van der Waals surface area contributed by atoms with Gasteiger partial charge in [0, 0.05) is 24.2 Å². The number of para-hydroxylation sites is 1. The van der Waals surface area contributed by atoms with Crippen molar-refractivity contribution in [2.45, 2.75) is 59.6 Å². The maximum absolute atomic E-state index is 12.2. The van der Waals surface area contributed by atoms with Crippen LogP contribution in [-0.4, -0.2) is 21.3 Å². The lowest BCUT2D eigenvalue weighted by molar-refractivity contribution is 0.0207. The highest BCUT2D eigenvalue weighted by Gasteiger charge is 2.19. The van der Waals surface area contributed by atoms with Crippen LogP contribution in [0.1, 0.15) is 51.1 Å². The van der Waals surface area contributed by atoms with Crippen molar-refractivity contribution >= 4 is 22.9 Å². The summed E-state index contributed by atoms with van der Waals surface area (Å²) in [5.74, 6) is 1.53. The van der Waals surface area contributed by atoms with E-state index in [2.05, 4.69) is 30.5 Å². The van der Waals surface area contributed by atoms with Gasteiger partial charge in [0.05, 0.1) is 11.0 Å². The van der Waals surface area contributed by atoms with E-state index in [-0.39, 0.29) is 0 Å². The van der Waals surface area contributed by atoms with E-state index < -0.39 is 11.8 Å². The number of nitrogens with zero attached hydrogens (tertiary/aromatic N) is 2. The number of aryl methyl sites for hydroxylation is 2. The van der Waals surface area contributed by atoms with E-state index in [9.17, 15) is 4.79 Å². The number of carbonyl (C=O) groups excluding carboxylic acids is 1. The molecule has 0 amide bonds. The third kappa shape index (κ3) is 5.65. The fraction of sp³-hybridized carbons (Fsp3) is 0.310. The second-order valence-corrected chi connectivity index (χ2v) is 9.83. The molecule has 0 aliphatic rings. The Morgan fingerprint density at radius 2 is 1.77 bits per heavy atom. The van der Waals surface area contributed by atoms with Crippen LogP contribution in [0.4, 0.5) is 10.5 Å². The van der Waals surface area contributed by atoms with Crippen LogP contribution < -0.4 is 10.5 Å². The van der Waals surface area contributed by atoms with Crippen LogP contribution in [0, 0.1) is 6.92 Å². The zero-order chi connectivity index (χ0) is 25.2. The third-order valence-electron chi connectivity index (χ3n) is 5.70. The van der Waals surface area contributed by atoms with Crippen molar-refractivity contribution in [1.29, 1.82) is 0 Å². The van der Waals surface area contributed by atoms with Crippen LogP contribution >= 0.6 is 0 Å². The zero-order valence-electron chi connectivity index (χ0n) is 21.1. The Morgan fingerprint density at radius 1 is 1.06 bits per heavy atom. The molecule has 0 fully saturated rings. The normalized spacial score (nSPS) is 11.6. The van der Waals surface area contributed by atoms with Gasteiger partial charge in [-0.2, -0.15) is 0 Å². The molecule has 0 unspecified atom stereocenters. The highest BCUT2D eigenvalue weighted by molar-refractivity contribution is 5.83. The lowest BCUT2D eigenvalue weighted by Gasteiger charge is -2.19. The number of nitrogen functional groups attached to an aromatic ring is 1. The van der Waals surface area contributed by atoms with Crippen molar-refractivity contribution in [2.75, 3.05) is 5.73 Å². The standard InChI is InChI=1S/C29H33N3O3/c1-6-9-26-31-27-19(2)16-22(30)17-24(27)32(26)18-20-12-14-21(15-13-20)23-10-7-8-11-25(23)34-28(33)35-29(3,4)5/h7-8,10-17H,6,9,18,30H2,1-5H3. The number of rotatable bonds is 6. The molecule has 35 heavy (non-hydrogen) atoms. The van der Waals surface area contributed by atoms with Gasteiger partial charge in [0.2, 0.25) is 0 Å². The topological polar surface area (TPSA) is 79.4 Å². The second kappa shape index (κ2) is 9.82. The monoisotopic (exact) mass is 471 g/mol. The fourth-order valence-electron chi connectivity index (χ4n) is 4.19. The average molecular weight is 472 g/mol. The van der Waals surface area contributed by atoms with Gasteiger partial charge in [0.25, 0.3) is 0 Å². The first kappa shape index (κ1) is 24.3. The van der Waals surface area contributed by atoms with Crippen LogP contribution in [0.3, 0.4) is 0 Å². The fourth-order valence-corrected chi connectivity index (χ4v) is 4.19. The van der Waals surface area contributed by atoms with Gasteiger partial charge < -0.3 is 19.8 Å². The number of hydrogen-bond donors (Lipinski definition) is 1. The molecule has 6 nitrogen and oxygen atoms in total. The Balaban J connectivity index is 1.61. The largest absolute Gasteiger partial charge is 0.514 e. The molecule has 0 atom stereocenters. The summed E-state index contributed by atoms with van der Waals surface area (Å²) < 4.78 is 13.1. The molecule has 182 valence electrons. The molecule has 1 aromatic heterocycles. The first-order valence-corrected chi connectivity index (χ1v) is 12.0. The summed E-state index contributed by atoms with van der Waals surface area (Å²) in [5, 5.41) is 0. The Hall–Kier alpha value is -3.80. The van der Waals surface area contributed by atoms with E-state index in [0.717, 1.165) is 57.6 Å². The minimum atomic E-state index is -0.716. The van der Waals surface area contributed by atoms with E-state index >= 15 is 0 Å². The van der Waals surface area contributed by atoms with Crippen LogP contribution in [0.2, 0.25) is 0 Å².